The standard InChI is InChI=1S/C11H12BrFO4S/c1-7(4-11(14)15)18(16,17)6-8-2-3-10(13)9(12)5-8/h2-3,5,7H,4,6H2,1H3,(H,14,15). The van der Waals surface area contributed by atoms with Crippen LogP contribution in [0.3, 0.4) is 0 Å². The van der Waals surface area contributed by atoms with Crippen LogP contribution in [-0.2, 0) is 20.4 Å². The smallest absolute Gasteiger partial charge is 0.304 e. The SMILES string of the molecule is CC(CC(=O)O)S(=O)(=O)Cc1ccc(F)c(Br)c1. The van der Waals surface area contributed by atoms with Crippen LogP contribution in [-0.4, -0.2) is 24.7 Å². The number of hydrogen-bond acceptors (Lipinski definition) is 3. The number of hydrogen-bond donors (Lipinski definition) is 1. The first-order chi connectivity index (χ1) is 8.22. The molecular weight excluding hydrogens is 327 g/mol. The zero-order valence-corrected chi connectivity index (χ0v) is 12.0. The summed E-state index contributed by atoms with van der Waals surface area (Å²) in [6, 6.07) is 3.91. The maximum atomic E-state index is 13.0. The van der Waals surface area contributed by atoms with Crippen LogP contribution in [0.15, 0.2) is 22.7 Å². The summed E-state index contributed by atoms with van der Waals surface area (Å²) < 4.78 is 36.9. The Morgan fingerprint density at radius 3 is 2.61 bits per heavy atom. The van der Waals surface area contributed by atoms with Gasteiger partial charge < -0.3 is 5.11 Å². The molecule has 0 aliphatic carbocycles. The molecule has 0 heterocycles. The van der Waals surface area contributed by atoms with Crippen molar-refractivity contribution in [1.82, 2.24) is 0 Å². The third-order valence-electron chi connectivity index (χ3n) is 2.43. The largest absolute Gasteiger partial charge is 0.481 e. The van der Waals surface area contributed by atoms with Crippen LogP contribution >= 0.6 is 15.9 Å². The Kier molecular flexibility index (Phi) is 4.86. The first-order valence-electron chi connectivity index (χ1n) is 5.09. The van der Waals surface area contributed by atoms with Crippen LogP contribution in [0.2, 0.25) is 0 Å². The van der Waals surface area contributed by atoms with Gasteiger partial charge in [-0.15, -0.1) is 0 Å². The lowest BCUT2D eigenvalue weighted by molar-refractivity contribution is -0.136. The van der Waals surface area contributed by atoms with Crippen molar-refractivity contribution < 1.29 is 22.7 Å². The highest BCUT2D eigenvalue weighted by Gasteiger charge is 2.24. The highest BCUT2D eigenvalue weighted by atomic mass is 79.9. The van der Waals surface area contributed by atoms with Gasteiger partial charge in [-0.1, -0.05) is 6.07 Å². The monoisotopic (exact) mass is 338 g/mol. The number of carboxylic acid groups (broad SMARTS) is 1. The molecule has 18 heavy (non-hydrogen) atoms. The fraction of sp³-hybridized carbons (Fsp3) is 0.364. The average Bonchev–Trinajstić information content (AvgIpc) is 2.22. The van der Waals surface area contributed by atoms with Crippen molar-refractivity contribution in [2.45, 2.75) is 24.3 Å². The molecule has 1 aromatic rings. The van der Waals surface area contributed by atoms with E-state index in [4.69, 9.17) is 5.11 Å². The number of benzene rings is 1. The van der Waals surface area contributed by atoms with Crippen molar-refractivity contribution in [3.63, 3.8) is 0 Å². The van der Waals surface area contributed by atoms with E-state index in [9.17, 15) is 17.6 Å². The lowest BCUT2D eigenvalue weighted by Crippen LogP contribution is -2.22. The minimum absolute atomic E-state index is 0.182. The van der Waals surface area contributed by atoms with Crippen LogP contribution < -0.4 is 0 Å². The predicted octanol–water partition coefficient (Wildman–Crippen LogP) is 2.37. The quantitative estimate of drug-likeness (QED) is 0.894. The van der Waals surface area contributed by atoms with Gasteiger partial charge in [-0.25, -0.2) is 12.8 Å². The van der Waals surface area contributed by atoms with Crippen molar-refractivity contribution in [3.05, 3.63) is 34.1 Å². The highest BCUT2D eigenvalue weighted by Crippen LogP contribution is 2.20. The Labute approximate surface area is 113 Å². The van der Waals surface area contributed by atoms with Crippen LogP contribution in [0.4, 0.5) is 4.39 Å². The summed E-state index contributed by atoms with van der Waals surface area (Å²) >= 11 is 2.97. The zero-order valence-electron chi connectivity index (χ0n) is 9.56. The van der Waals surface area contributed by atoms with Crippen molar-refractivity contribution in [2.75, 3.05) is 0 Å². The third kappa shape index (κ3) is 4.06. The van der Waals surface area contributed by atoms with E-state index in [1.807, 2.05) is 0 Å². The van der Waals surface area contributed by atoms with Gasteiger partial charge in [0.2, 0.25) is 0 Å². The molecule has 1 rings (SSSR count). The molecule has 0 bridgehead atoms. The number of sulfone groups is 1. The van der Waals surface area contributed by atoms with Crippen molar-refractivity contribution >= 4 is 31.7 Å². The van der Waals surface area contributed by atoms with Gasteiger partial charge in [0.25, 0.3) is 0 Å². The van der Waals surface area contributed by atoms with Gasteiger partial charge in [0.15, 0.2) is 9.84 Å². The van der Waals surface area contributed by atoms with E-state index >= 15 is 0 Å². The van der Waals surface area contributed by atoms with E-state index in [0.29, 0.717) is 5.56 Å². The predicted molar refractivity (Wildman–Crippen MR) is 68.4 cm³/mol. The Bertz CT molecular complexity index is 556. The Hall–Kier alpha value is -0.950. The van der Waals surface area contributed by atoms with E-state index in [-0.39, 0.29) is 10.2 Å². The second kappa shape index (κ2) is 5.79. The molecule has 0 radical (unpaired) electrons. The Morgan fingerprint density at radius 1 is 1.50 bits per heavy atom. The third-order valence-corrected chi connectivity index (χ3v) is 5.16. The molecule has 0 fully saturated rings. The van der Waals surface area contributed by atoms with E-state index < -0.39 is 33.3 Å². The molecule has 100 valence electrons. The average molecular weight is 339 g/mol. The molecule has 7 heteroatoms. The highest BCUT2D eigenvalue weighted by molar-refractivity contribution is 9.10. The lowest BCUT2D eigenvalue weighted by Gasteiger charge is -2.11. The lowest BCUT2D eigenvalue weighted by atomic mass is 10.2. The number of aliphatic carboxylic acids is 1. The van der Waals surface area contributed by atoms with E-state index in [1.165, 1.54) is 19.1 Å². The summed E-state index contributed by atoms with van der Waals surface area (Å²) in [5, 5.41) is 7.60. The van der Waals surface area contributed by atoms with Crippen molar-refractivity contribution in [2.24, 2.45) is 0 Å². The maximum Gasteiger partial charge on any atom is 0.304 e. The molecule has 4 nitrogen and oxygen atoms in total. The number of rotatable bonds is 5. The molecule has 1 atom stereocenters. The number of carbonyl (C=O) groups is 1. The minimum Gasteiger partial charge on any atom is -0.481 e. The molecule has 0 spiro atoms. The van der Waals surface area contributed by atoms with E-state index in [0.717, 1.165) is 6.07 Å². The molecule has 0 saturated heterocycles. The topological polar surface area (TPSA) is 71.4 Å². The molecule has 1 unspecified atom stereocenters. The molecule has 0 amide bonds. The summed E-state index contributed by atoms with van der Waals surface area (Å²) in [6.07, 6.45) is -0.440. The fourth-order valence-corrected chi connectivity index (χ4v) is 3.13. The van der Waals surface area contributed by atoms with Crippen LogP contribution in [0.25, 0.3) is 0 Å². The van der Waals surface area contributed by atoms with Crippen molar-refractivity contribution in [1.29, 1.82) is 0 Å². The zero-order chi connectivity index (χ0) is 13.9. The van der Waals surface area contributed by atoms with E-state index in [1.54, 1.807) is 0 Å². The second-order valence-electron chi connectivity index (χ2n) is 3.96. The summed E-state index contributed by atoms with van der Waals surface area (Å²) in [5.41, 5.74) is 0.417. The van der Waals surface area contributed by atoms with Crippen LogP contribution in [0.5, 0.6) is 0 Å². The van der Waals surface area contributed by atoms with Gasteiger partial charge in [0.1, 0.15) is 5.82 Å². The Balaban J connectivity index is 2.88. The van der Waals surface area contributed by atoms with Crippen LogP contribution in [0.1, 0.15) is 18.9 Å². The first kappa shape index (κ1) is 15.1. The first-order valence-corrected chi connectivity index (χ1v) is 7.60. The second-order valence-corrected chi connectivity index (χ2v) is 7.24. The van der Waals surface area contributed by atoms with Crippen molar-refractivity contribution in [3.8, 4) is 0 Å². The normalized spacial score (nSPS) is 13.3. The molecule has 0 aliphatic rings. The molecule has 0 aromatic heterocycles. The summed E-state index contributed by atoms with van der Waals surface area (Å²) in [6.45, 7) is 1.35. The van der Waals surface area contributed by atoms with Gasteiger partial charge in [0.05, 0.1) is 21.9 Å². The van der Waals surface area contributed by atoms with Gasteiger partial charge in [-0.05, 0) is 40.5 Å². The van der Waals surface area contributed by atoms with Gasteiger partial charge in [-0.2, -0.15) is 0 Å². The number of halogens is 2. The van der Waals surface area contributed by atoms with Gasteiger partial charge in [-0.3, -0.25) is 4.79 Å². The van der Waals surface area contributed by atoms with Gasteiger partial charge in [0, 0.05) is 0 Å². The molecule has 0 aliphatic heterocycles. The molecule has 0 saturated carbocycles. The van der Waals surface area contributed by atoms with Gasteiger partial charge >= 0.3 is 5.97 Å². The fourth-order valence-electron chi connectivity index (χ4n) is 1.38. The summed E-state index contributed by atoms with van der Waals surface area (Å²) in [4.78, 5) is 10.5. The molecule has 1 aromatic carbocycles. The van der Waals surface area contributed by atoms with Crippen LogP contribution in [0, 0.1) is 5.82 Å². The number of carboxylic acids is 1. The van der Waals surface area contributed by atoms with E-state index in [2.05, 4.69) is 15.9 Å². The molecular formula is C11H12BrFO4S. The summed E-state index contributed by atoms with van der Waals surface area (Å²) in [7, 11) is -3.56. The minimum atomic E-state index is -3.56. The Morgan fingerprint density at radius 2 is 2.11 bits per heavy atom. The summed E-state index contributed by atoms with van der Waals surface area (Å²) in [5.74, 6) is -1.94. The maximum absolute atomic E-state index is 13.0. The molecule has 1 N–H and O–H groups in total.